The van der Waals surface area contributed by atoms with Crippen LogP contribution in [0.15, 0.2) is 30.5 Å². The maximum Gasteiger partial charge on any atom is 0.161 e. The van der Waals surface area contributed by atoms with E-state index in [1.165, 1.54) is 5.56 Å². The van der Waals surface area contributed by atoms with Crippen molar-refractivity contribution in [3.63, 3.8) is 0 Å². The summed E-state index contributed by atoms with van der Waals surface area (Å²) in [6, 6.07) is 8.02. The fourth-order valence-electron chi connectivity index (χ4n) is 2.22. The van der Waals surface area contributed by atoms with Crippen molar-refractivity contribution in [3.05, 3.63) is 46.7 Å². The molecule has 2 aromatic rings. The zero-order chi connectivity index (χ0) is 13.8. The number of benzene rings is 1. The maximum atomic E-state index is 6.02. The van der Waals surface area contributed by atoms with Crippen molar-refractivity contribution in [2.24, 2.45) is 7.05 Å². The number of hydrogen-bond acceptors (Lipinski definition) is 3. The first-order valence-corrected chi connectivity index (χ1v) is 6.51. The maximum absolute atomic E-state index is 6.02. The van der Waals surface area contributed by atoms with Crippen molar-refractivity contribution >= 4 is 11.6 Å². The molecular formula is C14H18ClN3O. The minimum absolute atomic E-state index is 0.126. The monoisotopic (exact) mass is 279 g/mol. The first-order valence-electron chi connectivity index (χ1n) is 6.13. The van der Waals surface area contributed by atoms with E-state index in [1.807, 2.05) is 37.0 Å². The summed E-state index contributed by atoms with van der Waals surface area (Å²) in [6.45, 7) is 0. The first-order chi connectivity index (χ1) is 9.15. The van der Waals surface area contributed by atoms with Crippen LogP contribution >= 0.6 is 11.6 Å². The summed E-state index contributed by atoms with van der Waals surface area (Å²) in [5.41, 5.74) is 2.21. The molecule has 0 saturated heterocycles. The minimum atomic E-state index is 0.126. The van der Waals surface area contributed by atoms with Crippen LogP contribution in [-0.4, -0.2) is 23.9 Å². The molecule has 1 unspecified atom stereocenters. The van der Waals surface area contributed by atoms with Gasteiger partial charge >= 0.3 is 0 Å². The van der Waals surface area contributed by atoms with Gasteiger partial charge in [-0.3, -0.25) is 4.68 Å². The van der Waals surface area contributed by atoms with E-state index < -0.39 is 0 Å². The van der Waals surface area contributed by atoms with E-state index in [9.17, 15) is 0 Å². The molecule has 0 aliphatic carbocycles. The third kappa shape index (κ3) is 3.08. The Balaban J connectivity index is 2.27. The van der Waals surface area contributed by atoms with E-state index in [1.54, 1.807) is 13.3 Å². The smallest absolute Gasteiger partial charge is 0.161 e. The number of aromatic nitrogens is 2. The van der Waals surface area contributed by atoms with Crippen molar-refractivity contribution in [2.75, 3.05) is 14.2 Å². The SMILES string of the molecule is CNC(Cc1cccc(Cl)c1)c1c(OC)cnn1C. The summed E-state index contributed by atoms with van der Waals surface area (Å²) in [5, 5.41) is 8.30. The van der Waals surface area contributed by atoms with Crippen LogP contribution in [-0.2, 0) is 13.5 Å². The Hall–Kier alpha value is -1.52. The van der Waals surface area contributed by atoms with Gasteiger partial charge in [-0.05, 0) is 31.2 Å². The van der Waals surface area contributed by atoms with Crippen molar-refractivity contribution in [3.8, 4) is 5.75 Å². The molecule has 4 nitrogen and oxygen atoms in total. The van der Waals surface area contributed by atoms with Crippen LogP contribution in [0.3, 0.4) is 0 Å². The number of ether oxygens (including phenoxy) is 1. The average Bonchev–Trinajstić information content (AvgIpc) is 2.77. The normalized spacial score (nSPS) is 12.4. The Bertz CT molecular complexity index is 553. The molecule has 2 rings (SSSR count). The number of hydrogen-bond donors (Lipinski definition) is 1. The number of nitrogens with zero attached hydrogens (tertiary/aromatic N) is 2. The Labute approximate surface area is 118 Å². The van der Waals surface area contributed by atoms with Crippen molar-refractivity contribution in [1.29, 1.82) is 0 Å². The molecule has 0 amide bonds. The van der Waals surface area contributed by atoms with Gasteiger partial charge < -0.3 is 10.1 Å². The number of rotatable bonds is 5. The molecule has 102 valence electrons. The van der Waals surface area contributed by atoms with E-state index in [2.05, 4.69) is 16.5 Å². The molecule has 0 saturated carbocycles. The lowest BCUT2D eigenvalue weighted by Crippen LogP contribution is -2.22. The van der Waals surface area contributed by atoms with E-state index in [0.29, 0.717) is 0 Å². The lowest BCUT2D eigenvalue weighted by molar-refractivity contribution is 0.397. The van der Waals surface area contributed by atoms with Gasteiger partial charge in [-0.15, -0.1) is 0 Å². The Morgan fingerprint density at radius 2 is 2.26 bits per heavy atom. The number of likely N-dealkylation sites (N-methyl/N-ethyl adjacent to an activating group) is 1. The second kappa shape index (κ2) is 6.08. The van der Waals surface area contributed by atoms with Gasteiger partial charge in [0.15, 0.2) is 5.75 Å². The van der Waals surface area contributed by atoms with Crippen LogP contribution < -0.4 is 10.1 Å². The number of aryl methyl sites for hydroxylation is 1. The Morgan fingerprint density at radius 1 is 1.47 bits per heavy atom. The Morgan fingerprint density at radius 3 is 2.89 bits per heavy atom. The summed E-state index contributed by atoms with van der Waals surface area (Å²) in [6.07, 6.45) is 2.56. The van der Waals surface area contributed by atoms with Crippen LogP contribution in [0.25, 0.3) is 0 Å². The van der Waals surface area contributed by atoms with Crippen molar-refractivity contribution < 1.29 is 4.74 Å². The zero-order valence-corrected chi connectivity index (χ0v) is 12.1. The second-order valence-corrected chi connectivity index (χ2v) is 4.83. The zero-order valence-electron chi connectivity index (χ0n) is 11.4. The number of nitrogens with one attached hydrogen (secondary N) is 1. The van der Waals surface area contributed by atoms with Crippen LogP contribution in [0.2, 0.25) is 5.02 Å². The van der Waals surface area contributed by atoms with Crippen LogP contribution in [0.5, 0.6) is 5.75 Å². The first kappa shape index (κ1) is 13.9. The van der Waals surface area contributed by atoms with Gasteiger partial charge in [0, 0.05) is 12.1 Å². The summed E-state index contributed by atoms with van der Waals surface area (Å²) in [4.78, 5) is 0. The van der Waals surface area contributed by atoms with Gasteiger partial charge in [-0.2, -0.15) is 5.10 Å². The van der Waals surface area contributed by atoms with Crippen LogP contribution in [0.1, 0.15) is 17.3 Å². The summed E-state index contributed by atoms with van der Waals surface area (Å²) >= 11 is 6.02. The highest BCUT2D eigenvalue weighted by Crippen LogP contribution is 2.27. The largest absolute Gasteiger partial charge is 0.493 e. The molecule has 1 aromatic carbocycles. The number of methoxy groups -OCH3 is 1. The molecule has 0 spiro atoms. The molecule has 0 bridgehead atoms. The third-order valence-electron chi connectivity index (χ3n) is 3.18. The van der Waals surface area contributed by atoms with Crippen molar-refractivity contribution in [2.45, 2.75) is 12.5 Å². The topological polar surface area (TPSA) is 39.1 Å². The highest BCUT2D eigenvalue weighted by molar-refractivity contribution is 6.30. The van der Waals surface area contributed by atoms with E-state index in [4.69, 9.17) is 16.3 Å². The molecule has 1 N–H and O–H groups in total. The van der Waals surface area contributed by atoms with Gasteiger partial charge in [0.1, 0.15) is 0 Å². The molecule has 0 fully saturated rings. The highest BCUT2D eigenvalue weighted by Gasteiger charge is 2.19. The quantitative estimate of drug-likeness (QED) is 0.914. The average molecular weight is 280 g/mol. The van der Waals surface area contributed by atoms with Crippen LogP contribution in [0.4, 0.5) is 0 Å². The molecule has 0 aliphatic rings. The van der Waals surface area contributed by atoms with Gasteiger partial charge in [0.25, 0.3) is 0 Å². The third-order valence-corrected chi connectivity index (χ3v) is 3.41. The summed E-state index contributed by atoms with van der Waals surface area (Å²) < 4.78 is 7.20. The summed E-state index contributed by atoms with van der Waals surface area (Å²) in [7, 11) is 5.51. The van der Waals surface area contributed by atoms with Gasteiger partial charge in [0.05, 0.1) is 25.0 Å². The van der Waals surface area contributed by atoms with Gasteiger partial charge in [-0.25, -0.2) is 0 Å². The molecule has 0 aliphatic heterocycles. The van der Waals surface area contributed by atoms with E-state index in [0.717, 1.165) is 22.9 Å². The second-order valence-electron chi connectivity index (χ2n) is 4.40. The molecule has 19 heavy (non-hydrogen) atoms. The lowest BCUT2D eigenvalue weighted by Gasteiger charge is -2.18. The van der Waals surface area contributed by atoms with E-state index >= 15 is 0 Å². The lowest BCUT2D eigenvalue weighted by atomic mass is 10.0. The van der Waals surface area contributed by atoms with E-state index in [-0.39, 0.29) is 6.04 Å². The minimum Gasteiger partial charge on any atom is -0.493 e. The molecule has 0 radical (unpaired) electrons. The molecule has 5 heteroatoms. The standard InChI is InChI=1S/C14H18ClN3O/c1-16-12(8-10-5-4-6-11(15)7-10)14-13(19-3)9-17-18(14)2/h4-7,9,12,16H,8H2,1-3H3. The molecule has 1 atom stereocenters. The predicted molar refractivity (Wildman–Crippen MR) is 76.7 cm³/mol. The molecule has 1 aromatic heterocycles. The van der Waals surface area contributed by atoms with Crippen LogP contribution in [0, 0.1) is 0 Å². The molecular weight excluding hydrogens is 262 g/mol. The predicted octanol–water partition coefficient (Wildman–Crippen LogP) is 2.59. The van der Waals surface area contributed by atoms with Gasteiger partial charge in [-0.1, -0.05) is 23.7 Å². The fourth-order valence-corrected chi connectivity index (χ4v) is 2.43. The molecule has 1 heterocycles. The van der Waals surface area contributed by atoms with Gasteiger partial charge in [0.2, 0.25) is 0 Å². The Kier molecular flexibility index (Phi) is 4.45. The highest BCUT2D eigenvalue weighted by atomic mass is 35.5. The number of halogens is 1. The summed E-state index contributed by atoms with van der Waals surface area (Å²) in [5.74, 6) is 0.795. The van der Waals surface area contributed by atoms with Crippen molar-refractivity contribution in [1.82, 2.24) is 15.1 Å². The fraction of sp³-hybridized carbons (Fsp3) is 0.357.